The lowest BCUT2D eigenvalue weighted by Gasteiger charge is -2.58. The number of carbonyl (C=O) groups is 1. The molecule has 4 rings (SSSR count). The van der Waals surface area contributed by atoms with Crippen LogP contribution in [-0.4, -0.2) is 26.3 Å². The van der Waals surface area contributed by atoms with Gasteiger partial charge in [0.05, 0.1) is 6.10 Å². The summed E-state index contributed by atoms with van der Waals surface area (Å²) in [6.45, 7) is 8.02. The number of methoxy groups -OCH3 is 1. The summed E-state index contributed by atoms with van der Waals surface area (Å²) >= 11 is 0. The number of fused-ring (bicyclic) bond motifs is 5. The van der Waals surface area contributed by atoms with Crippen LogP contribution in [0.3, 0.4) is 0 Å². The Morgan fingerprint density at radius 2 is 2.00 bits per heavy atom. The number of rotatable bonds is 7. The molecule has 3 nitrogen and oxygen atoms in total. The molecule has 8 atom stereocenters. The third-order valence-corrected chi connectivity index (χ3v) is 9.98. The SMILES string of the molecule is COCO[C@H]1CC[C@@]2(C)C(=CC[C@H]3[C@@H]4CC[C@H]([C@H](C)CCC=O)[C@@]4(C)CC[C@@H]32)C1. The largest absolute Gasteiger partial charge is 0.359 e. The van der Waals surface area contributed by atoms with E-state index >= 15 is 0 Å². The zero-order chi connectivity index (χ0) is 20.6. The molecule has 0 N–H and O–H groups in total. The summed E-state index contributed by atoms with van der Waals surface area (Å²) < 4.78 is 11.1. The molecule has 3 saturated carbocycles. The van der Waals surface area contributed by atoms with Crippen LogP contribution >= 0.6 is 0 Å². The number of hydrogen-bond acceptors (Lipinski definition) is 3. The molecule has 0 amide bonds. The normalized spacial score (nSPS) is 45.0. The van der Waals surface area contributed by atoms with E-state index in [1.807, 2.05) is 0 Å². The average molecular weight is 403 g/mol. The Hall–Kier alpha value is -0.670. The Bertz CT molecular complexity index is 627. The van der Waals surface area contributed by atoms with Crippen molar-refractivity contribution in [3.8, 4) is 0 Å². The van der Waals surface area contributed by atoms with Crippen LogP contribution in [-0.2, 0) is 14.3 Å². The van der Waals surface area contributed by atoms with E-state index in [0.29, 0.717) is 29.6 Å². The summed E-state index contributed by atoms with van der Waals surface area (Å²) in [5.41, 5.74) is 2.56. The lowest BCUT2D eigenvalue weighted by atomic mass is 9.47. The van der Waals surface area contributed by atoms with Gasteiger partial charge < -0.3 is 14.3 Å². The van der Waals surface area contributed by atoms with Crippen molar-refractivity contribution in [1.82, 2.24) is 0 Å². The number of aldehydes is 1. The van der Waals surface area contributed by atoms with Crippen molar-refractivity contribution in [2.75, 3.05) is 13.9 Å². The highest BCUT2D eigenvalue weighted by Gasteiger charge is 2.59. The van der Waals surface area contributed by atoms with E-state index in [4.69, 9.17) is 9.47 Å². The van der Waals surface area contributed by atoms with Crippen LogP contribution in [0, 0.1) is 40.4 Å². The molecule has 0 spiro atoms. The highest BCUT2D eigenvalue weighted by atomic mass is 16.7. The van der Waals surface area contributed by atoms with E-state index in [0.717, 1.165) is 49.2 Å². The highest BCUT2D eigenvalue weighted by molar-refractivity contribution is 5.49. The summed E-state index contributed by atoms with van der Waals surface area (Å²) in [5, 5.41) is 0. The second-order valence-electron chi connectivity index (χ2n) is 11.1. The van der Waals surface area contributed by atoms with E-state index in [1.165, 1.54) is 44.9 Å². The van der Waals surface area contributed by atoms with E-state index < -0.39 is 0 Å². The van der Waals surface area contributed by atoms with Gasteiger partial charge in [-0.2, -0.15) is 0 Å². The molecule has 3 fully saturated rings. The van der Waals surface area contributed by atoms with E-state index in [1.54, 1.807) is 12.7 Å². The fraction of sp³-hybridized carbons (Fsp3) is 0.885. The first kappa shape index (κ1) is 21.6. The van der Waals surface area contributed by atoms with Gasteiger partial charge in [0.2, 0.25) is 0 Å². The van der Waals surface area contributed by atoms with E-state index in [2.05, 4.69) is 26.8 Å². The van der Waals surface area contributed by atoms with Crippen LogP contribution in [0.1, 0.15) is 85.0 Å². The van der Waals surface area contributed by atoms with Gasteiger partial charge in [-0.1, -0.05) is 32.4 Å². The Labute approximate surface area is 178 Å². The fourth-order valence-corrected chi connectivity index (χ4v) is 8.44. The second kappa shape index (κ2) is 8.46. The topological polar surface area (TPSA) is 35.5 Å². The summed E-state index contributed by atoms with van der Waals surface area (Å²) in [5.74, 6) is 4.09. The standard InChI is InChI=1S/C26H42O3/c1-18(6-5-15-27)22-9-10-23-21-8-7-19-16-20(29-17-28-4)11-13-25(19,2)24(21)12-14-26(22,23)3/h7,15,18,20-24H,5-6,8-14,16-17H2,1-4H3/t18-,20+,21+,22-,23+,24+,25+,26-/m1/s1. The average Bonchev–Trinajstić information content (AvgIpc) is 3.07. The number of carbonyl (C=O) groups excluding carboxylic acids is 1. The number of hydrogen-bond donors (Lipinski definition) is 0. The minimum Gasteiger partial charge on any atom is -0.359 e. The Morgan fingerprint density at radius 3 is 2.76 bits per heavy atom. The zero-order valence-electron chi connectivity index (χ0n) is 19.1. The molecule has 0 aromatic heterocycles. The van der Waals surface area contributed by atoms with Gasteiger partial charge in [-0.25, -0.2) is 0 Å². The molecular formula is C26H42O3. The minimum absolute atomic E-state index is 0.342. The molecule has 0 heterocycles. The van der Waals surface area contributed by atoms with Gasteiger partial charge >= 0.3 is 0 Å². The summed E-state index contributed by atoms with van der Waals surface area (Å²) in [4.78, 5) is 10.9. The molecule has 0 bridgehead atoms. The van der Waals surface area contributed by atoms with Gasteiger partial charge in [0.25, 0.3) is 0 Å². The van der Waals surface area contributed by atoms with Crippen LogP contribution < -0.4 is 0 Å². The molecule has 164 valence electrons. The molecule has 4 aliphatic rings. The van der Waals surface area contributed by atoms with Crippen molar-refractivity contribution < 1.29 is 14.3 Å². The minimum atomic E-state index is 0.342. The van der Waals surface area contributed by atoms with Gasteiger partial charge in [0, 0.05) is 13.5 Å². The first-order valence-corrected chi connectivity index (χ1v) is 12.2. The number of allylic oxidation sites excluding steroid dienone is 1. The molecule has 29 heavy (non-hydrogen) atoms. The van der Waals surface area contributed by atoms with Crippen LogP contribution in [0.4, 0.5) is 0 Å². The van der Waals surface area contributed by atoms with Crippen molar-refractivity contribution >= 4 is 6.29 Å². The van der Waals surface area contributed by atoms with Crippen molar-refractivity contribution in [3.05, 3.63) is 11.6 Å². The molecule has 0 aromatic carbocycles. The highest BCUT2D eigenvalue weighted by Crippen LogP contribution is 2.67. The van der Waals surface area contributed by atoms with Gasteiger partial charge in [0.1, 0.15) is 13.1 Å². The van der Waals surface area contributed by atoms with Gasteiger partial charge in [-0.15, -0.1) is 0 Å². The third-order valence-electron chi connectivity index (χ3n) is 9.98. The zero-order valence-corrected chi connectivity index (χ0v) is 19.1. The maximum absolute atomic E-state index is 10.9. The van der Waals surface area contributed by atoms with Crippen LogP contribution in [0.2, 0.25) is 0 Å². The van der Waals surface area contributed by atoms with Crippen LogP contribution in [0.15, 0.2) is 11.6 Å². The molecule has 3 heteroatoms. The number of ether oxygens (including phenoxy) is 2. The maximum Gasteiger partial charge on any atom is 0.146 e. The van der Waals surface area contributed by atoms with E-state index in [-0.39, 0.29) is 0 Å². The smallest absolute Gasteiger partial charge is 0.146 e. The van der Waals surface area contributed by atoms with Gasteiger partial charge in [0.15, 0.2) is 0 Å². The molecular weight excluding hydrogens is 360 g/mol. The Morgan fingerprint density at radius 1 is 1.17 bits per heavy atom. The summed E-state index contributed by atoms with van der Waals surface area (Å²) in [7, 11) is 1.71. The first-order chi connectivity index (χ1) is 13.9. The second-order valence-corrected chi connectivity index (χ2v) is 11.1. The van der Waals surface area contributed by atoms with E-state index in [9.17, 15) is 4.79 Å². The Kier molecular flexibility index (Phi) is 6.29. The van der Waals surface area contributed by atoms with Crippen LogP contribution in [0.25, 0.3) is 0 Å². The molecule has 0 saturated heterocycles. The maximum atomic E-state index is 10.9. The van der Waals surface area contributed by atoms with Crippen molar-refractivity contribution in [2.45, 2.75) is 91.1 Å². The van der Waals surface area contributed by atoms with Gasteiger partial charge in [-0.3, -0.25) is 0 Å². The molecule has 0 unspecified atom stereocenters. The summed E-state index contributed by atoms with van der Waals surface area (Å²) in [6.07, 6.45) is 16.3. The van der Waals surface area contributed by atoms with Crippen LogP contribution in [0.5, 0.6) is 0 Å². The predicted molar refractivity (Wildman–Crippen MR) is 116 cm³/mol. The lowest BCUT2D eigenvalue weighted by Crippen LogP contribution is -2.51. The quantitative estimate of drug-likeness (QED) is 0.290. The van der Waals surface area contributed by atoms with Gasteiger partial charge in [-0.05, 0) is 98.2 Å². The molecule has 4 aliphatic carbocycles. The Balaban J connectivity index is 1.50. The molecule has 0 aliphatic heterocycles. The first-order valence-electron chi connectivity index (χ1n) is 12.2. The molecule has 0 aromatic rings. The van der Waals surface area contributed by atoms with Crippen molar-refractivity contribution in [1.29, 1.82) is 0 Å². The third kappa shape index (κ3) is 3.65. The molecule has 0 radical (unpaired) electrons. The monoisotopic (exact) mass is 402 g/mol. The van der Waals surface area contributed by atoms with Crippen molar-refractivity contribution in [2.24, 2.45) is 40.4 Å². The lowest BCUT2D eigenvalue weighted by molar-refractivity contribution is -0.108. The predicted octanol–water partition coefficient (Wildman–Crippen LogP) is 6.17. The van der Waals surface area contributed by atoms with Crippen molar-refractivity contribution in [3.63, 3.8) is 0 Å². The fourth-order valence-electron chi connectivity index (χ4n) is 8.44. The summed E-state index contributed by atoms with van der Waals surface area (Å²) in [6, 6.07) is 0.